The molecule has 0 unspecified atom stereocenters. The lowest BCUT2D eigenvalue weighted by Crippen LogP contribution is -2.47. The Balaban J connectivity index is 2.03. The summed E-state index contributed by atoms with van der Waals surface area (Å²) in [6.07, 6.45) is 0.694. The lowest BCUT2D eigenvalue weighted by molar-refractivity contribution is -0.310. The number of nitrogens with zero attached hydrogens (tertiary/aromatic N) is 1. The molecule has 1 saturated heterocycles. The van der Waals surface area contributed by atoms with E-state index in [2.05, 4.69) is 0 Å². The minimum Gasteiger partial charge on any atom is -0.548 e. The fourth-order valence-corrected chi connectivity index (χ4v) is 3.53. The Morgan fingerprint density at radius 3 is 2.67 bits per heavy atom. The summed E-state index contributed by atoms with van der Waals surface area (Å²) in [5.41, 5.74) is 0.379. The first-order valence-electron chi connectivity index (χ1n) is 8.56. The zero-order valence-electron chi connectivity index (χ0n) is 15.4. The summed E-state index contributed by atoms with van der Waals surface area (Å²) < 4.78 is 15.9. The van der Waals surface area contributed by atoms with Crippen LogP contribution in [0.25, 0.3) is 11.0 Å². The molecule has 3 rings (SSSR count). The van der Waals surface area contributed by atoms with Gasteiger partial charge in [0.2, 0.25) is 5.91 Å². The molecule has 8 nitrogen and oxygen atoms in total. The van der Waals surface area contributed by atoms with E-state index in [9.17, 15) is 19.5 Å². The van der Waals surface area contributed by atoms with Crippen LogP contribution < -0.4 is 20.2 Å². The second kappa shape index (κ2) is 7.30. The third-order valence-corrected chi connectivity index (χ3v) is 4.95. The molecule has 0 saturated carbocycles. The standard InChI is InChI=1S/C19H21NO7/c1-10-12(9-16(21)20-6-4-5-13(20)18(22)23)19(24)27-15-8-11(25-2)7-14(26-3)17(10)15/h7-8,13H,4-6,9H2,1-3H3,(H,22,23)/p-1/t13-/m1/s1. The summed E-state index contributed by atoms with van der Waals surface area (Å²) in [5, 5.41) is 11.8. The van der Waals surface area contributed by atoms with E-state index in [4.69, 9.17) is 13.9 Å². The van der Waals surface area contributed by atoms with Crippen molar-refractivity contribution in [1.82, 2.24) is 4.90 Å². The maximum absolute atomic E-state index is 12.6. The van der Waals surface area contributed by atoms with E-state index < -0.39 is 23.5 Å². The number of rotatable bonds is 5. The Morgan fingerprint density at radius 2 is 2.04 bits per heavy atom. The molecule has 8 heteroatoms. The molecule has 2 aromatic rings. The van der Waals surface area contributed by atoms with Gasteiger partial charge in [-0.2, -0.15) is 0 Å². The SMILES string of the molecule is COc1cc(OC)c2c(C)c(CC(=O)N3CCC[C@@H]3C(=O)[O-])c(=O)oc2c1. The largest absolute Gasteiger partial charge is 0.548 e. The van der Waals surface area contributed by atoms with E-state index in [1.807, 2.05) is 0 Å². The van der Waals surface area contributed by atoms with Crippen molar-refractivity contribution >= 4 is 22.8 Å². The topological polar surface area (TPSA) is 109 Å². The third-order valence-electron chi connectivity index (χ3n) is 4.95. The number of carboxylic acid groups (broad SMARTS) is 1. The van der Waals surface area contributed by atoms with Gasteiger partial charge in [-0.25, -0.2) is 4.79 Å². The average molecular weight is 374 g/mol. The molecule has 1 aliphatic rings. The van der Waals surface area contributed by atoms with E-state index in [0.717, 1.165) is 0 Å². The van der Waals surface area contributed by atoms with Crippen molar-refractivity contribution < 1.29 is 28.6 Å². The highest BCUT2D eigenvalue weighted by molar-refractivity contribution is 5.91. The Morgan fingerprint density at radius 1 is 1.30 bits per heavy atom. The van der Waals surface area contributed by atoms with Gasteiger partial charge in [0.05, 0.1) is 43.6 Å². The normalized spacial score (nSPS) is 16.6. The van der Waals surface area contributed by atoms with Gasteiger partial charge in [-0.05, 0) is 25.3 Å². The zero-order chi connectivity index (χ0) is 19.7. The molecule has 0 bridgehead atoms. The van der Waals surface area contributed by atoms with Crippen LogP contribution in [0.2, 0.25) is 0 Å². The van der Waals surface area contributed by atoms with E-state index >= 15 is 0 Å². The molecule has 0 N–H and O–H groups in total. The van der Waals surface area contributed by atoms with Gasteiger partial charge in [0, 0.05) is 18.7 Å². The van der Waals surface area contributed by atoms with Crippen molar-refractivity contribution in [3.05, 3.63) is 33.7 Å². The molecule has 0 radical (unpaired) electrons. The number of methoxy groups -OCH3 is 2. The van der Waals surface area contributed by atoms with Crippen LogP contribution in [0.5, 0.6) is 11.5 Å². The Kier molecular flexibility index (Phi) is 5.07. The quantitative estimate of drug-likeness (QED) is 0.697. The van der Waals surface area contributed by atoms with Gasteiger partial charge in [-0.3, -0.25) is 4.79 Å². The fraction of sp³-hybridized carbons (Fsp3) is 0.421. The first-order chi connectivity index (χ1) is 12.9. The molecule has 0 aliphatic carbocycles. The lowest BCUT2D eigenvalue weighted by Gasteiger charge is -2.25. The van der Waals surface area contributed by atoms with Crippen LogP contribution in [0, 0.1) is 6.92 Å². The van der Waals surface area contributed by atoms with Crippen LogP contribution >= 0.6 is 0 Å². The number of hydrogen-bond acceptors (Lipinski definition) is 7. The number of carbonyl (C=O) groups excluding carboxylic acids is 2. The van der Waals surface area contributed by atoms with Gasteiger partial charge in [-0.1, -0.05) is 0 Å². The summed E-state index contributed by atoms with van der Waals surface area (Å²) in [5.74, 6) is -0.798. The summed E-state index contributed by atoms with van der Waals surface area (Å²) in [4.78, 5) is 37.6. The number of aryl methyl sites for hydroxylation is 1. The van der Waals surface area contributed by atoms with Crippen molar-refractivity contribution in [2.24, 2.45) is 0 Å². The van der Waals surface area contributed by atoms with Crippen LogP contribution in [0.3, 0.4) is 0 Å². The molecular weight excluding hydrogens is 354 g/mol. The number of aliphatic carboxylic acids is 1. The molecule has 1 aromatic heterocycles. The number of carbonyl (C=O) groups is 2. The van der Waals surface area contributed by atoms with Gasteiger partial charge >= 0.3 is 5.63 Å². The monoisotopic (exact) mass is 374 g/mol. The predicted octanol–water partition coefficient (Wildman–Crippen LogP) is 0.402. The molecule has 144 valence electrons. The molecule has 1 fully saturated rings. The van der Waals surface area contributed by atoms with Gasteiger partial charge in [0.15, 0.2) is 0 Å². The minimum absolute atomic E-state index is 0.181. The van der Waals surface area contributed by atoms with Crippen LogP contribution in [0.15, 0.2) is 21.3 Å². The first kappa shape index (κ1) is 18.8. The maximum Gasteiger partial charge on any atom is 0.340 e. The molecule has 1 aromatic carbocycles. The van der Waals surface area contributed by atoms with Crippen LogP contribution in [-0.2, 0) is 16.0 Å². The van der Waals surface area contributed by atoms with Gasteiger partial charge < -0.3 is 28.7 Å². The van der Waals surface area contributed by atoms with Crippen molar-refractivity contribution in [3.8, 4) is 11.5 Å². The molecule has 1 aliphatic heterocycles. The molecule has 27 heavy (non-hydrogen) atoms. The molecule has 2 heterocycles. The van der Waals surface area contributed by atoms with E-state index in [1.165, 1.54) is 19.1 Å². The number of benzene rings is 1. The summed E-state index contributed by atoms with van der Waals surface area (Å²) in [7, 11) is 2.97. The Labute approximate surface area is 155 Å². The van der Waals surface area contributed by atoms with Crippen LogP contribution in [0.4, 0.5) is 0 Å². The van der Waals surface area contributed by atoms with Gasteiger partial charge in [0.25, 0.3) is 0 Å². The second-order valence-corrected chi connectivity index (χ2v) is 6.44. The highest BCUT2D eigenvalue weighted by Crippen LogP contribution is 2.34. The van der Waals surface area contributed by atoms with E-state index in [1.54, 1.807) is 19.1 Å². The molecule has 1 amide bonds. The summed E-state index contributed by atoms with van der Waals surface area (Å²) >= 11 is 0. The summed E-state index contributed by atoms with van der Waals surface area (Å²) in [6.45, 7) is 2.03. The van der Waals surface area contributed by atoms with Crippen LogP contribution in [0.1, 0.15) is 24.0 Å². The smallest absolute Gasteiger partial charge is 0.340 e. The van der Waals surface area contributed by atoms with Crippen molar-refractivity contribution in [2.75, 3.05) is 20.8 Å². The number of fused-ring (bicyclic) bond motifs is 1. The molecule has 1 atom stereocenters. The van der Waals surface area contributed by atoms with Crippen molar-refractivity contribution in [2.45, 2.75) is 32.2 Å². The molecule has 0 spiro atoms. The third kappa shape index (κ3) is 3.34. The average Bonchev–Trinajstić information content (AvgIpc) is 3.14. The number of amides is 1. The van der Waals surface area contributed by atoms with Gasteiger partial charge in [-0.15, -0.1) is 0 Å². The van der Waals surface area contributed by atoms with E-state index in [0.29, 0.717) is 47.4 Å². The number of ether oxygens (including phenoxy) is 2. The Hall–Kier alpha value is -3.03. The number of likely N-dealkylation sites (tertiary alicyclic amines) is 1. The van der Waals surface area contributed by atoms with E-state index in [-0.39, 0.29) is 12.0 Å². The summed E-state index contributed by atoms with van der Waals surface area (Å²) in [6, 6.07) is 2.28. The van der Waals surface area contributed by atoms with Crippen LogP contribution in [-0.4, -0.2) is 43.6 Å². The second-order valence-electron chi connectivity index (χ2n) is 6.44. The van der Waals surface area contributed by atoms with Crippen molar-refractivity contribution in [1.29, 1.82) is 0 Å². The highest BCUT2D eigenvalue weighted by atomic mass is 16.5. The fourth-order valence-electron chi connectivity index (χ4n) is 3.53. The number of carboxylic acids is 1. The Bertz CT molecular complexity index is 963. The highest BCUT2D eigenvalue weighted by Gasteiger charge is 2.30. The number of hydrogen-bond donors (Lipinski definition) is 0. The minimum atomic E-state index is -1.28. The van der Waals surface area contributed by atoms with Gasteiger partial charge in [0.1, 0.15) is 17.1 Å². The molecular formula is C19H20NO7-. The predicted molar refractivity (Wildman–Crippen MR) is 93.8 cm³/mol. The first-order valence-corrected chi connectivity index (χ1v) is 8.56. The lowest BCUT2D eigenvalue weighted by atomic mass is 10.0. The van der Waals surface area contributed by atoms with Crippen molar-refractivity contribution in [3.63, 3.8) is 0 Å². The maximum atomic E-state index is 12.6. The zero-order valence-corrected chi connectivity index (χ0v) is 15.4.